The van der Waals surface area contributed by atoms with Crippen molar-refractivity contribution in [1.82, 2.24) is 20.0 Å². The van der Waals surface area contributed by atoms with Crippen LogP contribution in [-0.2, 0) is 14.3 Å². The molecule has 1 saturated heterocycles. The van der Waals surface area contributed by atoms with Crippen LogP contribution in [0.15, 0.2) is 65.9 Å². The van der Waals surface area contributed by atoms with Crippen LogP contribution in [0.5, 0.6) is 11.5 Å². The third-order valence-electron chi connectivity index (χ3n) is 6.30. The van der Waals surface area contributed by atoms with Crippen LogP contribution in [0.1, 0.15) is 11.6 Å². The van der Waals surface area contributed by atoms with Crippen LogP contribution in [0, 0.1) is 0 Å². The van der Waals surface area contributed by atoms with Gasteiger partial charge in [-0.1, -0.05) is 30.3 Å². The van der Waals surface area contributed by atoms with E-state index in [2.05, 4.69) is 5.32 Å². The molecular weight excluding hydrogens is 436 g/mol. The molecule has 1 fully saturated rings. The summed E-state index contributed by atoms with van der Waals surface area (Å²) >= 11 is 0. The number of hydrogen-bond acceptors (Lipinski definition) is 5. The molecule has 3 aliphatic heterocycles. The molecule has 9 nitrogen and oxygen atoms in total. The van der Waals surface area contributed by atoms with Crippen molar-refractivity contribution in [3.63, 3.8) is 0 Å². The second-order valence-electron chi connectivity index (χ2n) is 8.44. The van der Waals surface area contributed by atoms with Crippen molar-refractivity contribution < 1.29 is 23.9 Å². The summed E-state index contributed by atoms with van der Waals surface area (Å²) in [5.41, 5.74) is 1.83. The lowest BCUT2D eigenvalue weighted by molar-refractivity contribution is -0.140. The number of benzene rings is 2. The molecule has 0 aromatic heterocycles. The van der Waals surface area contributed by atoms with Crippen LogP contribution in [0.25, 0.3) is 0 Å². The molecule has 1 atom stereocenters. The molecule has 4 amide bonds. The summed E-state index contributed by atoms with van der Waals surface area (Å²) in [5.74, 6) is 0.927. The van der Waals surface area contributed by atoms with Gasteiger partial charge in [0.2, 0.25) is 5.91 Å². The molecule has 34 heavy (non-hydrogen) atoms. The van der Waals surface area contributed by atoms with Gasteiger partial charge in [0.1, 0.15) is 18.0 Å². The predicted molar refractivity (Wildman–Crippen MR) is 123 cm³/mol. The van der Waals surface area contributed by atoms with Crippen molar-refractivity contribution >= 4 is 17.8 Å². The standard InChI is InChI=1S/C25H26N4O5/c1-27-20-15-29(16-21(30)28-10-12-33-13-11-28)24(31)22(20)23(26-25(27)32)17-6-5-9-19(14-17)34-18-7-3-2-4-8-18/h2-9,14,23H,10-13,15-16H2,1H3,(H,26,32). The molecule has 0 radical (unpaired) electrons. The monoisotopic (exact) mass is 462 g/mol. The zero-order valence-electron chi connectivity index (χ0n) is 18.9. The SMILES string of the molecule is CN1C(=O)NC(c2cccc(Oc3ccccc3)c2)C2=C1CN(CC(=O)N1CCOCC1)C2=O. The van der Waals surface area contributed by atoms with Crippen LogP contribution < -0.4 is 10.1 Å². The van der Waals surface area contributed by atoms with Gasteiger partial charge in [-0.25, -0.2) is 4.79 Å². The van der Waals surface area contributed by atoms with Crippen molar-refractivity contribution in [2.45, 2.75) is 6.04 Å². The number of urea groups is 1. The largest absolute Gasteiger partial charge is 0.457 e. The number of ether oxygens (including phenoxy) is 2. The number of rotatable bonds is 5. The number of nitrogens with zero attached hydrogens (tertiary/aromatic N) is 3. The molecule has 1 N–H and O–H groups in total. The van der Waals surface area contributed by atoms with Crippen molar-refractivity contribution in [3.8, 4) is 11.5 Å². The molecule has 3 aliphatic rings. The number of carbonyl (C=O) groups excluding carboxylic acids is 3. The lowest BCUT2D eigenvalue weighted by Gasteiger charge is -2.31. The van der Waals surface area contributed by atoms with E-state index in [9.17, 15) is 14.4 Å². The van der Waals surface area contributed by atoms with Gasteiger partial charge in [-0.3, -0.25) is 14.5 Å². The normalized spacial score (nSPS) is 20.4. The van der Waals surface area contributed by atoms with Crippen LogP contribution in [-0.4, -0.2) is 79.0 Å². The third-order valence-corrected chi connectivity index (χ3v) is 6.30. The van der Waals surface area contributed by atoms with Crippen LogP contribution >= 0.6 is 0 Å². The van der Waals surface area contributed by atoms with E-state index in [0.717, 1.165) is 5.56 Å². The Hall–Kier alpha value is -3.85. The van der Waals surface area contributed by atoms with Crippen molar-refractivity contribution in [1.29, 1.82) is 0 Å². The molecule has 2 aromatic carbocycles. The summed E-state index contributed by atoms with van der Waals surface area (Å²) in [7, 11) is 1.64. The molecule has 5 rings (SSSR count). The predicted octanol–water partition coefficient (Wildman–Crippen LogP) is 2.13. The van der Waals surface area contributed by atoms with E-state index < -0.39 is 6.04 Å². The van der Waals surface area contributed by atoms with Gasteiger partial charge in [0.15, 0.2) is 0 Å². The lowest BCUT2D eigenvalue weighted by atomic mass is 9.95. The van der Waals surface area contributed by atoms with Crippen LogP contribution in [0.2, 0.25) is 0 Å². The Labute approximate surface area is 197 Å². The highest BCUT2D eigenvalue weighted by molar-refractivity contribution is 6.03. The Morgan fingerprint density at radius 2 is 1.79 bits per heavy atom. The highest BCUT2D eigenvalue weighted by atomic mass is 16.5. The van der Waals surface area contributed by atoms with Crippen molar-refractivity contribution in [2.24, 2.45) is 0 Å². The van der Waals surface area contributed by atoms with E-state index in [4.69, 9.17) is 9.47 Å². The zero-order chi connectivity index (χ0) is 23.7. The number of hydrogen-bond donors (Lipinski definition) is 1. The topological polar surface area (TPSA) is 91.4 Å². The van der Waals surface area contributed by atoms with E-state index in [1.807, 2.05) is 54.6 Å². The number of likely N-dealkylation sites (N-methyl/N-ethyl adjacent to an activating group) is 1. The summed E-state index contributed by atoms with van der Waals surface area (Å²) < 4.78 is 11.3. The van der Waals surface area contributed by atoms with Gasteiger partial charge in [0.25, 0.3) is 5.91 Å². The number of morpholine rings is 1. The van der Waals surface area contributed by atoms with Gasteiger partial charge in [-0.15, -0.1) is 0 Å². The minimum absolute atomic E-state index is 0.0300. The summed E-state index contributed by atoms with van der Waals surface area (Å²) in [6.45, 7) is 2.22. The first kappa shape index (κ1) is 22.0. The van der Waals surface area contributed by atoms with Gasteiger partial charge >= 0.3 is 6.03 Å². The molecule has 1 unspecified atom stereocenters. The molecule has 9 heteroatoms. The second-order valence-corrected chi connectivity index (χ2v) is 8.44. The van der Waals surface area contributed by atoms with E-state index in [0.29, 0.717) is 49.1 Å². The molecule has 176 valence electrons. The first-order valence-electron chi connectivity index (χ1n) is 11.3. The van der Waals surface area contributed by atoms with Crippen LogP contribution in [0.3, 0.4) is 0 Å². The van der Waals surface area contributed by atoms with Crippen molar-refractivity contribution in [3.05, 3.63) is 71.4 Å². The van der Waals surface area contributed by atoms with Gasteiger partial charge in [-0.2, -0.15) is 0 Å². The van der Waals surface area contributed by atoms with E-state index in [1.165, 1.54) is 9.80 Å². The van der Waals surface area contributed by atoms with E-state index in [1.54, 1.807) is 11.9 Å². The molecule has 0 aliphatic carbocycles. The van der Waals surface area contributed by atoms with Gasteiger partial charge < -0.3 is 24.6 Å². The zero-order valence-corrected chi connectivity index (χ0v) is 18.9. The Morgan fingerprint density at radius 1 is 1.06 bits per heavy atom. The Morgan fingerprint density at radius 3 is 2.56 bits per heavy atom. The number of nitrogens with one attached hydrogen (secondary N) is 1. The first-order valence-corrected chi connectivity index (χ1v) is 11.3. The van der Waals surface area contributed by atoms with Gasteiger partial charge in [-0.05, 0) is 29.8 Å². The first-order chi connectivity index (χ1) is 16.5. The molecule has 0 bridgehead atoms. The average Bonchev–Trinajstić information content (AvgIpc) is 3.19. The minimum Gasteiger partial charge on any atom is -0.457 e. The maximum absolute atomic E-state index is 13.4. The molecule has 2 aromatic rings. The maximum Gasteiger partial charge on any atom is 0.322 e. The lowest BCUT2D eigenvalue weighted by Crippen LogP contribution is -2.46. The fourth-order valence-corrected chi connectivity index (χ4v) is 4.46. The number of amides is 4. The number of carbonyl (C=O) groups is 3. The Balaban J connectivity index is 1.38. The highest BCUT2D eigenvalue weighted by Crippen LogP contribution is 2.37. The smallest absolute Gasteiger partial charge is 0.322 e. The fourth-order valence-electron chi connectivity index (χ4n) is 4.46. The Kier molecular flexibility index (Phi) is 5.93. The van der Waals surface area contributed by atoms with Crippen molar-refractivity contribution in [2.75, 3.05) is 46.4 Å². The van der Waals surface area contributed by atoms with Gasteiger partial charge in [0, 0.05) is 20.1 Å². The van der Waals surface area contributed by atoms with Crippen LogP contribution in [0.4, 0.5) is 4.79 Å². The second kappa shape index (κ2) is 9.18. The van der Waals surface area contributed by atoms with Gasteiger partial charge in [0.05, 0.1) is 37.1 Å². The summed E-state index contributed by atoms with van der Waals surface area (Å²) in [6, 6.07) is 15.8. The summed E-state index contributed by atoms with van der Waals surface area (Å²) in [6.07, 6.45) is 0. The Bertz CT molecular complexity index is 1140. The highest BCUT2D eigenvalue weighted by Gasteiger charge is 2.43. The fraction of sp³-hybridized carbons (Fsp3) is 0.320. The average molecular weight is 463 g/mol. The molecule has 3 heterocycles. The van der Waals surface area contributed by atoms with E-state index in [-0.39, 0.29) is 30.9 Å². The molecule has 0 spiro atoms. The van der Waals surface area contributed by atoms with E-state index >= 15 is 0 Å². The third kappa shape index (κ3) is 4.22. The maximum atomic E-state index is 13.4. The quantitative estimate of drug-likeness (QED) is 0.735. The number of para-hydroxylation sites is 1. The minimum atomic E-state index is -0.631. The molecule has 0 saturated carbocycles. The summed E-state index contributed by atoms with van der Waals surface area (Å²) in [5, 5.41) is 2.93. The molecular formula is C25H26N4O5. The summed E-state index contributed by atoms with van der Waals surface area (Å²) in [4.78, 5) is 43.6.